The van der Waals surface area contributed by atoms with E-state index in [0.29, 0.717) is 17.8 Å². The molecule has 3 rings (SSSR count). The molecule has 1 aromatic heterocycles. The second-order valence-corrected chi connectivity index (χ2v) is 6.51. The van der Waals surface area contributed by atoms with Gasteiger partial charge in [-0.3, -0.25) is 4.79 Å². The first kappa shape index (κ1) is 18.3. The maximum absolute atomic E-state index is 12.4. The van der Waals surface area contributed by atoms with Crippen LogP contribution in [0.15, 0.2) is 48.5 Å². The molecule has 0 aliphatic rings. The number of nitrogens with one attached hydrogen (secondary N) is 1. The molecule has 3 aromatic rings. The van der Waals surface area contributed by atoms with Crippen LogP contribution in [0.25, 0.3) is 0 Å². The highest BCUT2D eigenvalue weighted by atomic mass is 16.6. The molecule has 0 spiro atoms. The molecule has 0 saturated heterocycles. The summed E-state index contributed by atoms with van der Waals surface area (Å²) in [4.78, 5) is 22.7. The third-order valence-electron chi connectivity index (χ3n) is 4.47. The number of carbonyl (C=O) groups excluding carboxylic acids is 1. The molecule has 0 radical (unpaired) electrons. The highest BCUT2D eigenvalue weighted by Gasteiger charge is 2.15. The molecular weight excluding hydrogens is 344 g/mol. The van der Waals surface area contributed by atoms with Crippen LogP contribution in [0.2, 0.25) is 0 Å². The summed E-state index contributed by atoms with van der Waals surface area (Å²) in [7, 11) is 0. The van der Waals surface area contributed by atoms with Gasteiger partial charge in [-0.1, -0.05) is 18.2 Å². The molecule has 7 heteroatoms. The fourth-order valence-electron chi connectivity index (χ4n) is 2.70. The van der Waals surface area contributed by atoms with E-state index in [1.54, 1.807) is 23.7 Å². The zero-order valence-electron chi connectivity index (χ0n) is 15.4. The van der Waals surface area contributed by atoms with Crippen molar-refractivity contribution in [2.45, 2.75) is 27.3 Å². The summed E-state index contributed by atoms with van der Waals surface area (Å²) in [6.07, 6.45) is 0. The Kier molecular flexibility index (Phi) is 5.03. The van der Waals surface area contributed by atoms with Crippen molar-refractivity contribution in [3.05, 3.63) is 86.6 Å². The Morgan fingerprint density at radius 1 is 1.07 bits per heavy atom. The Morgan fingerprint density at radius 3 is 2.37 bits per heavy atom. The lowest BCUT2D eigenvalue weighted by Gasteiger charge is -2.08. The molecule has 7 nitrogen and oxygen atoms in total. The van der Waals surface area contributed by atoms with E-state index in [0.717, 1.165) is 16.8 Å². The number of aromatic nitrogens is 2. The number of carbonyl (C=O) groups is 1. The summed E-state index contributed by atoms with van der Waals surface area (Å²) >= 11 is 0. The van der Waals surface area contributed by atoms with Gasteiger partial charge in [-0.05, 0) is 66.7 Å². The van der Waals surface area contributed by atoms with Crippen molar-refractivity contribution in [3.8, 4) is 0 Å². The number of anilines is 1. The van der Waals surface area contributed by atoms with Gasteiger partial charge in [-0.15, -0.1) is 0 Å². The molecule has 0 aliphatic heterocycles. The average molecular weight is 364 g/mol. The number of amides is 1. The lowest BCUT2D eigenvalue weighted by atomic mass is 10.1. The Hall–Kier alpha value is -3.48. The van der Waals surface area contributed by atoms with Crippen LogP contribution in [0.5, 0.6) is 0 Å². The van der Waals surface area contributed by atoms with Crippen molar-refractivity contribution in [1.29, 1.82) is 0 Å². The van der Waals surface area contributed by atoms with Crippen LogP contribution in [0.1, 0.15) is 32.7 Å². The number of aryl methyl sites for hydroxylation is 3. The van der Waals surface area contributed by atoms with Crippen molar-refractivity contribution >= 4 is 17.4 Å². The van der Waals surface area contributed by atoms with Crippen molar-refractivity contribution in [1.82, 2.24) is 9.78 Å². The minimum atomic E-state index is -0.510. The Morgan fingerprint density at radius 2 is 1.78 bits per heavy atom. The number of benzene rings is 2. The maximum Gasteiger partial charge on any atom is 0.390 e. The number of nitro groups is 1. The highest BCUT2D eigenvalue weighted by Crippen LogP contribution is 2.17. The molecule has 2 aromatic carbocycles. The second-order valence-electron chi connectivity index (χ2n) is 6.51. The predicted molar refractivity (Wildman–Crippen MR) is 103 cm³/mol. The van der Waals surface area contributed by atoms with Crippen molar-refractivity contribution in [2.75, 3.05) is 5.32 Å². The van der Waals surface area contributed by atoms with E-state index in [2.05, 4.69) is 10.4 Å². The minimum absolute atomic E-state index is 0.170. The zero-order valence-corrected chi connectivity index (χ0v) is 15.4. The standard InChI is InChI=1S/C20H20N4O3/c1-13-4-9-18(10-14(13)2)21-20(25)17-7-5-16(6-8-17)12-23-15(3)11-19(22-23)24(26)27/h4-11H,12H2,1-3H3,(H,21,25). The number of hydrogen-bond donors (Lipinski definition) is 1. The number of hydrogen-bond acceptors (Lipinski definition) is 4. The van der Waals surface area contributed by atoms with E-state index in [1.807, 2.05) is 44.2 Å². The predicted octanol–water partition coefficient (Wildman–Crippen LogP) is 4.02. The smallest absolute Gasteiger partial charge is 0.358 e. The van der Waals surface area contributed by atoms with E-state index >= 15 is 0 Å². The highest BCUT2D eigenvalue weighted by molar-refractivity contribution is 6.04. The largest absolute Gasteiger partial charge is 0.390 e. The lowest BCUT2D eigenvalue weighted by Crippen LogP contribution is -2.12. The molecule has 1 heterocycles. The molecule has 0 aliphatic carbocycles. The van der Waals surface area contributed by atoms with Crippen molar-refractivity contribution < 1.29 is 9.72 Å². The molecule has 1 amide bonds. The van der Waals surface area contributed by atoms with Crippen LogP contribution in [-0.2, 0) is 6.54 Å². The Balaban J connectivity index is 1.70. The Bertz CT molecular complexity index is 1010. The van der Waals surface area contributed by atoms with E-state index in [4.69, 9.17) is 0 Å². The van der Waals surface area contributed by atoms with Gasteiger partial charge in [0.05, 0.1) is 23.4 Å². The van der Waals surface area contributed by atoms with Crippen molar-refractivity contribution in [3.63, 3.8) is 0 Å². The van der Waals surface area contributed by atoms with Gasteiger partial charge in [0.1, 0.15) is 0 Å². The van der Waals surface area contributed by atoms with E-state index in [9.17, 15) is 14.9 Å². The SMILES string of the molecule is Cc1ccc(NC(=O)c2ccc(Cn3nc([N+](=O)[O-])cc3C)cc2)cc1C. The van der Waals surface area contributed by atoms with Gasteiger partial charge < -0.3 is 15.4 Å². The molecule has 0 bridgehead atoms. The van der Waals surface area contributed by atoms with Gasteiger partial charge in [-0.2, -0.15) is 4.68 Å². The third-order valence-corrected chi connectivity index (χ3v) is 4.47. The summed E-state index contributed by atoms with van der Waals surface area (Å²) < 4.78 is 1.57. The molecule has 0 fully saturated rings. The monoisotopic (exact) mass is 364 g/mol. The van der Waals surface area contributed by atoms with Gasteiger partial charge in [0.2, 0.25) is 0 Å². The fourth-order valence-corrected chi connectivity index (χ4v) is 2.70. The zero-order chi connectivity index (χ0) is 19.6. The van der Waals surface area contributed by atoms with Crippen LogP contribution < -0.4 is 5.32 Å². The van der Waals surface area contributed by atoms with Gasteiger partial charge in [-0.25, -0.2) is 0 Å². The van der Waals surface area contributed by atoms with E-state index in [1.165, 1.54) is 11.6 Å². The van der Waals surface area contributed by atoms with Crippen LogP contribution in [0, 0.1) is 30.9 Å². The first-order valence-electron chi connectivity index (χ1n) is 8.50. The molecule has 0 unspecified atom stereocenters. The van der Waals surface area contributed by atoms with Gasteiger partial charge >= 0.3 is 5.82 Å². The minimum Gasteiger partial charge on any atom is -0.358 e. The summed E-state index contributed by atoms with van der Waals surface area (Å²) in [5, 5.41) is 17.7. The lowest BCUT2D eigenvalue weighted by molar-refractivity contribution is -0.389. The topological polar surface area (TPSA) is 90.1 Å². The third kappa shape index (κ3) is 4.20. The first-order chi connectivity index (χ1) is 12.8. The quantitative estimate of drug-likeness (QED) is 0.547. The molecule has 27 heavy (non-hydrogen) atoms. The summed E-state index contributed by atoms with van der Waals surface area (Å²) in [5.41, 5.74) is 5.20. The average Bonchev–Trinajstić information content (AvgIpc) is 3.00. The number of rotatable bonds is 5. The summed E-state index contributed by atoms with van der Waals surface area (Å²) in [5.74, 6) is -0.354. The molecule has 0 atom stereocenters. The molecule has 138 valence electrons. The normalized spacial score (nSPS) is 10.6. The summed E-state index contributed by atoms with van der Waals surface area (Å²) in [6.45, 7) is 6.20. The maximum atomic E-state index is 12.4. The molecular formula is C20H20N4O3. The fraction of sp³-hybridized carbons (Fsp3) is 0.200. The second kappa shape index (κ2) is 7.41. The van der Waals surface area contributed by atoms with Crippen LogP contribution >= 0.6 is 0 Å². The van der Waals surface area contributed by atoms with Gasteiger partial charge in [0.25, 0.3) is 5.91 Å². The van der Waals surface area contributed by atoms with Crippen LogP contribution in [-0.4, -0.2) is 20.6 Å². The summed E-state index contributed by atoms with van der Waals surface area (Å²) in [6, 6.07) is 14.3. The van der Waals surface area contributed by atoms with Gasteiger partial charge in [0.15, 0.2) is 0 Å². The first-order valence-corrected chi connectivity index (χ1v) is 8.50. The molecule has 0 saturated carbocycles. The van der Waals surface area contributed by atoms with E-state index in [-0.39, 0.29) is 11.7 Å². The Labute approximate surface area is 156 Å². The number of nitrogens with zero attached hydrogens (tertiary/aromatic N) is 3. The van der Waals surface area contributed by atoms with Crippen LogP contribution in [0.3, 0.4) is 0 Å². The molecule has 1 N–H and O–H groups in total. The van der Waals surface area contributed by atoms with E-state index < -0.39 is 4.92 Å². The van der Waals surface area contributed by atoms with Crippen LogP contribution in [0.4, 0.5) is 11.5 Å². The van der Waals surface area contributed by atoms with Crippen molar-refractivity contribution in [2.24, 2.45) is 0 Å². The van der Waals surface area contributed by atoms with Gasteiger partial charge in [0, 0.05) is 11.3 Å².